The number of rotatable bonds is 3. The van der Waals surface area contributed by atoms with Crippen molar-refractivity contribution in [3.05, 3.63) is 62.0 Å². The Kier molecular flexibility index (Phi) is 4.62. The van der Waals surface area contributed by atoms with E-state index in [4.69, 9.17) is 5.26 Å². The quantitative estimate of drug-likeness (QED) is 0.813. The van der Waals surface area contributed by atoms with Crippen LogP contribution >= 0.6 is 31.9 Å². The first kappa shape index (κ1) is 14.1. The Bertz CT molecular complexity index is 645. The summed E-state index contributed by atoms with van der Waals surface area (Å²) in [6.07, 6.45) is 0. The Morgan fingerprint density at radius 1 is 1.11 bits per heavy atom. The Morgan fingerprint density at radius 3 is 2.58 bits per heavy atom. The van der Waals surface area contributed by atoms with Crippen LogP contribution in [-0.4, -0.2) is 0 Å². The fourth-order valence-electron chi connectivity index (χ4n) is 1.73. The van der Waals surface area contributed by atoms with Gasteiger partial charge in [0, 0.05) is 21.2 Å². The van der Waals surface area contributed by atoms with Crippen molar-refractivity contribution in [3.63, 3.8) is 0 Å². The molecule has 0 saturated heterocycles. The van der Waals surface area contributed by atoms with Gasteiger partial charge >= 0.3 is 0 Å². The molecule has 0 radical (unpaired) electrons. The summed E-state index contributed by atoms with van der Waals surface area (Å²) in [5.41, 5.74) is 3.98. The smallest absolute Gasteiger partial charge is 0.0992 e. The second-order valence-electron chi connectivity index (χ2n) is 4.24. The molecule has 1 N–H and O–H groups in total. The van der Waals surface area contributed by atoms with E-state index in [2.05, 4.69) is 55.4 Å². The van der Waals surface area contributed by atoms with Gasteiger partial charge in [-0.1, -0.05) is 12.1 Å². The van der Waals surface area contributed by atoms with E-state index < -0.39 is 0 Å². The van der Waals surface area contributed by atoms with Crippen LogP contribution in [0.3, 0.4) is 0 Å². The summed E-state index contributed by atoms with van der Waals surface area (Å²) in [7, 11) is 0. The van der Waals surface area contributed by atoms with Crippen molar-refractivity contribution in [3.8, 4) is 6.07 Å². The first-order valence-electron chi connectivity index (χ1n) is 5.78. The zero-order chi connectivity index (χ0) is 13.8. The summed E-state index contributed by atoms with van der Waals surface area (Å²) in [6, 6.07) is 14.0. The highest BCUT2D eigenvalue weighted by molar-refractivity contribution is 9.13. The summed E-state index contributed by atoms with van der Waals surface area (Å²) < 4.78 is 2.08. The van der Waals surface area contributed by atoms with Crippen LogP contribution < -0.4 is 5.32 Å². The van der Waals surface area contributed by atoms with E-state index in [1.54, 1.807) is 0 Å². The summed E-state index contributed by atoms with van der Waals surface area (Å²) in [6.45, 7) is 2.75. The van der Waals surface area contributed by atoms with Crippen molar-refractivity contribution in [2.75, 3.05) is 5.32 Å². The van der Waals surface area contributed by atoms with Crippen LogP contribution in [0.2, 0.25) is 0 Å². The summed E-state index contributed by atoms with van der Waals surface area (Å²) in [5, 5.41) is 12.3. The van der Waals surface area contributed by atoms with E-state index in [0.717, 1.165) is 26.7 Å². The van der Waals surface area contributed by atoms with Gasteiger partial charge in [-0.15, -0.1) is 0 Å². The van der Waals surface area contributed by atoms with E-state index >= 15 is 0 Å². The van der Waals surface area contributed by atoms with Crippen LogP contribution in [0, 0.1) is 18.3 Å². The molecule has 0 saturated carbocycles. The molecule has 0 atom stereocenters. The molecule has 2 aromatic rings. The predicted molar refractivity (Wildman–Crippen MR) is 85.1 cm³/mol. The topological polar surface area (TPSA) is 35.8 Å². The zero-order valence-corrected chi connectivity index (χ0v) is 13.5. The van der Waals surface area contributed by atoms with Crippen LogP contribution in [0.1, 0.15) is 16.7 Å². The van der Waals surface area contributed by atoms with Crippen molar-refractivity contribution in [1.82, 2.24) is 0 Å². The summed E-state index contributed by atoms with van der Waals surface area (Å²) in [4.78, 5) is 0. The van der Waals surface area contributed by atoms with Crippen LogP contribution in [0.4, 0.5) is 5.69 Å². The van der Waals surface area contributed by atoms with E-state index in [1.807, 2.05) is 31.2 Å². The number of hydrogen-bond acceptors (Lipinski definition) is 2. The van der Waals surface area contributed by atoms with Gasteiger partial charge in [-0.05, 0) is 74.2 Å². The highest BCUT2D eigenvalue weighted by Gasteiger charge is 2.02. The van der Waals surface area contributed by atoms with Crippen molar-refractivity contribution in [2.24, 2.45) is 0 Å². The van der Waals surface area contributed by atoms with Gasteiger partial charge in [0.2, 0.25) is 0 Å². The molecule has 0 amide bonds. The van der Waals surface area contributed by atoms with Gasteiger partial charge in [0.05, 0.1) is 11.6 Å². The summed E-state index contributed by atoms with van der Waals surface area (Å²) in [5.74, 6) is 0. The third kappa shape index (κ3) is 3.59. The largest absolute Gasteiger partial charge is 0.381 e. The van der Waals surface area contributed by atoms with Gasteiger partial charge in [-0.3, -0.25) is 0 Å². The molecule has 2 nitrogen and oxygen atoms in total. The third-order valence-corrected chi connectivity index (χ3v) is 4.71. The van der Waals surface area contributed by atoms with Crippen LogP contribution in [0.5, 0.6) is 0 Å². The molecule has 0 aliphatic heterocycles. The maximum absolute atomic E-state index is 8.92. The first-order valence-corrected chi connectivity index (χ1v) is 7.37. The number of nitrogens with zero attached hydrogens (tertiary/aromatic N) is 1. The molecular formula is C15H12Br2N2. The van der Waals surface area contributed by atoms with Gasteiger partial charge < -0.3 is 5.32 Å². The van der Waals surface area contributed by atoms with E-state index in [0.29, 0.717) is 5.56 Å². The van der Waals surface area contributed by atoms with Gasteiger partial charge in [0.15, 0.2) is 0 Å². The van der Waals surface area contributed by atoms with E-state index in [1.165, 1.54) is 5.56 Å². The molecule has 0 aliphatic rings. The monoisotopic (exact) mass is 378 g/mol. The first-order chi connectivity index (χ1) is 9.10. The molecule has 0 spiro atoms. The number of anilines is 1. The Hall–Kier alpha value is -1.31. The Balaban J connectivity index is 2.14. The molecule has 0 fully saturated rings. The fourth-order valence-corrected chi connectivity index (χ4v) is 2.40. The molecular weight excluding hydrogens is 368 g/mol. The molecule has 0 bridgehead atoms. The van der Waals surface area contributed by atoms with Crippen LogP contribution in [0.25, 0.3) is 0 Å². The average molecular weight is 380 g/mol. The maximum atomic E-state index is 8.92. The summed E-state index contributed by atoms with van der Waals surface area (Å²) >= 11 is 6.94. The van der Waals surface area contributed by atoms with E-state index in [9.17, 15) is 0 Å². The molecule has 0 unspecified atom stereocenters. The minimum atomic E-state index is 0.671. The number of nitrogens with one attached hydrogen (secondary N) is 1. The minimum absolute atomic E-state index is 0.671. The second kappa shape index (κ2) is 6.23. The number of halogens is 2. The van der Waals surface area contributed by atoms with Crippen molar-refractivity contribution < 1.29 is 0 Å². The second-order valence-corrected chi connectivity index (χ2v) is 5.95. The number of aryl methyl sites for hydroxylation is 1. The minimum Gasteiger partial charge on any atom is -0.381 e. The molecule has 0 aromatic heterocycles. The molecule has 0 heterocycles. The van der Waals surface area contributed by atoms with Crippen LogP contribution in [0.15, 0.2) is 45.3 Å². The maximum Gasteiger partial charge on any atom is 0.0992 e. The number of benzene rings is 2. The molecule has 2 rings (SSSR count). The predicted octanol–water partition coefficient (Wildman–Crippen LogP) is 5.00. The molecule has 19 heavy (non-hydrogen) atoms. The van der Waals surface area contributed by atoms with Gasteiger partial charge in [0.25, 0.3) is 0 Å². The molecule has 96 valence electrons. The number of nitriles is 1. The lowest BCUT2D eigenvalue weighted by Gasteiger charge is -2.10. The lowest BCUT2D eigenvalue weighted by Crippen LogP contribution is -2.01. The highest BCUT2D eigenvalue weighted by atomic mass is 79.9. The Labute approximate surface area is 129 Å². The molecule has 4 heteroatoms. The standard InChI is InChI=1S/C15H12Br2N2/c1-10-2-3-11(8-18)7-15(10)19-9-12-4-5-13(16)14(17)6-12/h2-7,19H,9H2,1H3. The van der Waals surface area contributed by atoms with E-state index in [-0.39, 0.29) is 0 Å². The normalized spacial score (nSPS) is 10.0. The average Bonchev–Trinajstić information content (AvgIpc) is 2.41. The fraction of sp³-hybridized carbons (Fsp3) is 0.133. The van der Waals surface area contributed by atoms with Crippen molar-refractivity contribution in [2.45, 2.75) is 13.5 Å². The van der Waals surface area contributed by atoms with Gasteiger partial charge in [-0.25, -0.2) is 0 Å². The van der Waals surface area contributed by atoms with Crippen molar-refractivity contribution >= 4 is 37.5 Å². The number of hydrogen-bond donors (Lipinski definition) is 1. The zero-order valence-electron chi connectivity index (χ0n) is 10.4. The Morgan fingerprint density at radius 2 is 1.89 bits per heavy atom. The molecule has 2 aromatic carbocycles. The van der Waals surface area contributed by atoms with Crippen molar-refractivity contribution in [1.29, 1.82) is 5.26 Å². The highest BCUT2D eigenvalue weighted by Crippen LogP contribution is 2.24. The molecule has 0 aliphatic carbocycles. The lowest BCUT2D eigenvalue weighted by atomic mass is 10.1. The third-order valence-electron chi connectivity index (χ3n) is 2.83. The van der Waals surface area contributed by atoms with Gasteiger partial charge in [-0.2, -0.15) is 5.26 Å². The SMILES string of the molecule is Cc1ccc(C#N)cc1NCc1ccc(Br)c(Br)c1. The van der Waals surface area contributed by atoms with Gasteiger partial charge in [0.1, 0.15) is 0 Å². The lowest BCUT2D eigenvalue weighted by molar-refractivity contribution is 1.13. The van der Waals surface area contributed by atoms with Crippen LogP contribution in [-0.2, 0) is 6.54 Å².